The fourth-order valence-corrected chi connectivity index (χ4v) is 6.36. The first-order valence-electron chi connectivity index (χ1n) is 11.4. The fraction of sp³-hybridized carbons (Fsp3) is 0.636. The van der Waals surface area contributed by atoms with Gasteiger partial charge in [-0.1, -0.05) is 12.1 Å². The minimum absolute atomic E-state index is 0.0359. The van der Waals surface area contributed by atoms with Gasteiger partial charge in [0, 0.05) is 44.6 Å². The zero-order chi connectivity index (χ0) is 24.4. The van der Waals surface area contributed by atoms with E-state index in [-0.39, 0.29) is 22.9 Å². The van der Waals surface area contributed by atoms with Gasteiger partial charge in [-0.25, -0.2) is 13.2 Å². The molecule has 4 aliphatic rings. The largest absolute Gasteiger partial charge is 0.501 e. The van der Waals surface area contributed by atoms with Gasteiger partial charge in [-0.15, -0.1) is 0 Å². The second-order valence-electron chi connectivity index (χ2n) is 10.2. The molecule has 1 aromatic carbocycles. The molecule has 5 rings (SSSR count). The van der Waals surface area contributed by atoms with E-state index in [4.69, 9.17) is 0 Å². The lowest BCUT2D eigenvalue weighted by molar-refractivity contribution is -0.120. The van der Waals surface area contributed by atoms with Crippen LogP contribution in [0.25, 0.3) is 0 Å². The Morgan fingerprint density at radius 3 is 2.09 bits per heavy atom. The Labute approximate surface area is 196 Å². The molecule has 0 bridgehead atoms. The molecule has 0 atom stereocenters. The van der Waals surface area contributed by atoms with Gasteiger partial charge in [0.25, 0.3) is 9.84 Å². The first kappa shape index (κ1) is 23.4. The maximum atomic E-state index is 12.7. The summed E-state index contributed by atoms with van der Waals surface area (Å²) in [7, 11) is -5.33. The average molecular weight is 501 g/mol. The van der Waals surface area contributed by atoms with Gasteiger partial charge in [0.1, 0.15) is 0 Å². The Bertz CT molecular complexity index is 1080. The number of sulfone groups is 1. The third-order valence-corrected chi connectivity index (χ3v) is 9.18. The van der Waals surface area contributed by atoms with Crippen molar-refractivity contribution in [3.05, 3.63) is 29.8 Å². The molecule has 2 spiro atoms. The molecule has 4 heterocycles. The highest BCUT2D eigenvalue weighted by Crippen LogP contribution is 2.42. The molecule has 0 unspecified atom stereocenters. The molecule has 0 aliphatic carbocycles. The summed E-state index contributed by atoms with van der Waals surface area (Å²) in [5.41, 5.74) is -4.65. The van der Waals surface area contributed by atoms with E-state index in [9.17, 15) is 31.2 Å². The average Bonchev–Trinajstić information content (AvgIpc) is 3.13. The molecule has 34 heavy (non-hydrogen) atoms. The van der Waals surface area contributed by atoms with Crippen molar-refractivity contribution in [2.45, 2.75) is 48.2 Å². The number of nitrogens with zero attached hydrogens (tertiary/aromatic N) is 3. The SMILES string of the molecule is O=C1CCC2(CN(C(=O)N3CC4(CCN(Cc5ccc(S(=O)(=O)C(F)(F)F)cc5)CC4)C3)C2)N1. The third kappa shape index (κ3) is 4.04. The molecule has 12 heteroatoms. The summed E-state index contributed by atoms with van der Waals surface area (Å²) in [4.78, 5) is 29.3. The van der Waals surface area contributed by atoms with Gasteiger partial charge in [-0.05, 0) is 50.0 Å². The van der Waals surface area contributed by atoms with Crippen LogP contribution in [0.3, 0.4) is 0 Å². The predicted molar refractivity (Wildman–Crippen MR) is 115 cm³/mol. The second kappa shape index (κ2) is 7.84. The van der Waals surface area contributed by atoms with Crippen LogP contribution >= 0.6 is 0 Å². The van der Waals surface area contributed by atoms with Gasteiger partial charge >= 0.3 is 11.5 Å². The van der Waals surface area contributed by atoms with Crippen molar-refractivity contribution in [1.29, 1.82) is 0 Å². The summed E-state index contributed by atoms with van der Waals surface area (Å²) < 4.78 is 61.1. The zero-order valence-electron chi connectivity index (χ0n) is 18.6. The Hall–Kier alpha value is -2.34. The molecule has 0 aromatic heterocycles. The molecule has 4 fully saturated rings. The highest BCUT2D eigenvalue weighted by molar-refractivity contribution is 7.92. The van der Waals surface area contributed by atoms with Gasteiger partial charge in [-0.2, -0.15) is 13.2 Å². The van der Waals surface area contributed by atoms with Crippen LogP contribution in [0.4, 0.5) is 18.0 Å². The van der Waals surface area contributed by atoms with E-state index in [0.29, 0.717) is 26.1 Å². The van der Waals surface area contributed by atoms with E-state index in [2.05, 4.69) is 10.2 Å². The smallest absolute Gasteiger partial charge is 0.347 e. The maximum Gasteiger partial charge on any atom is 0.501 e. The predicted octanol–water partition coefficient (Wildman–Crippen LogP) is 1.96. The van der Waals surface area contributed by atoms with E-state index in [0.717, 1.165) is 63.1 Å². The number of alkyl halides is 3. The van der Waals surface area contributed by atoms with Crippen LogP contribution in [-0.2, 0) is 21.2 Å². The summed E-state index contributed by atoms with van der Waals surface area (Å²) >= 11 is 0. The topological polar surface area (TPSA) is 90.0 Å². The number of piperidine rings is 1. The molecule has 4 saturated heterocycles. The van der Waals surface area contributed by atoms with Crippen LogP contribution in [0, 0.1) is 5.41 Å². The summed E-state index contributed by atoms with van der Waals surface area (Å²) in [6, 6.07) is 4.92. The van der Waals surface area contributed by atoms with Gasteiger partial charge in [-0.3, -0.25) is 9.69 Å². The van der Waals surface area contributed by atoms with Crippen molar-refractivity contribution >= 4 is 21.8 Å². The van der Waals surface area contributed by atoms with E-state index in [1.54, 1.807) is 4.90 Å². The lowest BCUT2D eigenvalue weighted by Crippen LogP contribution is -2.73. The monoisotopic (exact) mass is 500 g/mol. The number of halogens is 3. The number of nitrogens with one attached hydrogen (secondary N) is 1. The molecule has 8 nitrogen and oxygen atoms in total. The van der Waals surface area contributed by atoms with Crippen LogP contribution in [0.1, 0.15) is 31.2 Å². The molecule has 186 valence electrons. The Kier molecular flexibility index (Phi) is 5.40. The Morgan fingerprint density at radius 2 is 1.56 bits per heavy atom. The minimum Gasteiger partial charge on any atom is -0.347 e. The highest BCUT2D eigenvalue weighted by atomic mass is 32.2. The van der Waals surface area contributed by atoms with Crippen LogP contribution in [0.5, 0.6) is 0 Å². The van der Waals surface area contributed by atoms with Gasteiger partial charge in [0.05, 0.1) is 10.4 Å². The summed E-state index contributed by atoms with van der Waals surface area (Å²) in [5.74, 6) is 0.0593. The number of hydrogen-bond acceptors (Lipinski definition) is 5. The highest BCUT2D eigenvalue weighted by Gasteiger charge is 2.53. The minimum atomic E-state index is -5.33. The van der Waals surface area contributed by atoms with Gasteiger partial charge < -0.3 is 15.1 Å². The standard InChI is InChI=1S/C22H27F3N4O4S/c23-22(24,25)34(32,33)17-3-1-16(2-4-17)11-27-9-7-20(8-10-27)12-28(13-20)19(31)29-14-21(15-29)6-5-18(30)26-21/h1-4H,5-15H2,(H,26,30). The first-order valence-corrected chi connectivity index (χ1v) is 12.9. The quantitative estimate of drug-likeness (QED) is 0.686. The number of amides is 3. The normalized spacial score (nSPS) is 24.1. The molecule has 0 saturated carbocycles. The molecule has 3 amide bonds. The third-order valence-electron chi connectivity index (χ3n) is 7.68. The molecule has 1 aromatic rings. The summed E-state index contributed by atoms with van der Waals surface area (Å²) in [6.45, 7) is 4.76. The number of carbonyl (C=O) groups is 2. The van der Waals surface area contributed by atoms with Crippen LogP contribution in [-0.4, -0.2) is 85.4 Å². The maximum absolute atomic E-state index is 12.7. The molecule has 1 N–H and O–H groups in total. The summed E-state index contributed by atoms with van der Waals surface area (Å²) in [5, 5.41) is 2.99. The number of rotatable bonds is 3. The van der Waals surface area contributed by atoms with E-state index < -0.39 is 20.2 Å². The fourth-order valence-electron chi connectivity index (χ4n) is 5.60. The number of hydrogen-bond donors (Lipinski definition) is 1. The van der Waals surface area contributed by atoms with E-state index in [1.165, 1.54) is 12.1 Å². The number of benzene rings is 1. The van der Waals surface area contributed by atoms with Gasteiger partial charge in [0.2, 0.25) is 5.91 Å². The van der Waals surface area contributed by atoms with E-state index >= 15 is 0 Å². The van der Waals surface area contributed by atoms with Crippen molar-refractivity contribution in [2.24, 2.45) is 5.41 Å². The van der Waals surface area contributed by atoms with Crippen LogP contribution in [0.2, 0.25) is 0 Å². The lowest BCUT2D eigenvalue weighted by atomic mass is 9.72. The number of likely N-dealkylation sites (tertiary alicyclic amines) is 3. The number of carbonyl (C=O) groups excluding carboxylic acids is 2. The van der Waals surface area contributed by atoms with Crippen molar-refractivity contribution in [1.82, 2.24) is 20.0 Å². The lowest BCUT2D eigenvalue weighted by Gasteiger charge is -2.57. The molecule has 4 aliphatic heterocycles. The Morgan fingerprint density at radius 1 is 0.971 bits per heavy atom. The van der Waals surface area contributed by atoms with Crippen LogP contribution < -0.4 is 5.32 Å². The Balaban J connectivity index is 1.08. The van der Waals surface area contributed by atoms with E-state index in [1.807, 2.05) is 4.90 Å². The first-order chi connectivity index (χ1) is 15.9. The van der Waals surface area contributed by atoms with Crippen molar-refractivity contribution in [2.75, 3.05) is 39.3 Å². The second-order valence-corrected chi connectivity index (χ2v) is 12.1. The molecular formula is C22H27F3N4O4S. The van der Waals surface area contributed by atoms with Gasteiger partial charge in [0.15, 0.2) is 0 Å². The number of urea groups is 1. The zero-order valence-corrected chi connectivity index (χ0v) is 19.4. The molecule has 0 radical (unpaired) electrons. The van der Waals surface area contributed by atoms with Crippen molar-refractivity contribution < 1.29 is 31.2 Å². The van der Waals surface area contributed by atoms with Crippen LogP contribution in [0.15, 0.2) is 29.2 Å². The van der Waals surface area contributed by atoms with Crippen molar-refractivity contribution in [3.8, 4) is 0 Å². The molecular weight excluding hydrogens is 473 g/mol. The summed E-state index contributed by atoms with van der Waals surface area (Å²) in [6.07, 6.45) is 3.17. The van der Waals surface area contributed by atoms with Crippen molar-refractivity contribution in [3.63, 3.8) is 0 Å².